The minimum absolute atomic E-state index is 0.0416. The number of rotatable bonds is 9. The summed E-state index contributed by atoms with van der Waals surface area (Å²) in [5, 5.41) is 2.90. The summed E-state index contributed by atoms with van der Waals surface area (Å²) in [5.74, 6) is 0.00473. The lowest BCUT2D eigenvalue weighted by atomic mass is 9.99. The van der Waals surface area contributed by atoms with Gasteiger partial charge in [0, 0.05) is 19.4 Å². The number of para-hydroxylation sites is 1. The molecule has 186 valence electrons. The number of fused-ring (bicyclic) bond motifs is 1. The number of nitrogens with one attached hydrogen (secondary N) is 2. The van der Waals surface area contributed by atoms with E-state index in [1.54, 1.807) is 18.2 Å². The summed E-state index contributed by atoms with van der Waals surface area (Å²) in [7, 11) is 0. The first-order chi connectivity index (χ1) is 17.1. The molecule has 0 bridgehead atoms. The Morgan fingerprint density at radius 2 is 2.11 bits per heavy atom. The van der Waals surface area contributed by atoms with Crippen molar-refractivity contribution >= 4 is 22.6 Å². The van der Waals surface area contributed by atoms with E-state index in [1.165, 1.54) is 12.2 Å². The van der Waals surface area contributed by atoms with E-state index in [4.69, 9.17) is 12.2 Å². The molecular formula is C26H25F2N5O3. The second-order valence-corrected chi connectivity index (χ2v) is 8.24. The number of hydrogen-bond donors (Lipinski definition) is 3. The molecule has 10 heteroatoms. The standard InChI is InChI=1S/C26H25F2N5O3/c1-4-5-6-8-16(27)13-21-19(28)14-18-24(31-21)33(26(36)32-25(18)35)23-17(15(2)3)9-7-10-20(23)30-12-11-22(29)34/h1,5-10,14-15,30H,11-13H2,2-3H3,(H2,29,34)(H,32,35,36)/b6-5-,16-8+. The topological polar surface area (TPSA) is 123 Å². The second-order valence-electron chi connectivity index (χ2n) is 8.24. The summed E-state index contributed by atoms with van der Waals surface area (Å²) in [6.07, 6.45) is 8.25. The van der Waals surface area contributed by atoms with Crippen LogP contribution >= 0.6 is 0 Å². The Morgan fingerprint density at radius 1 is 1.36 bits per heavy atom. The molecule has 0 saturated heterocycles. The van der Waals surface area contributed by atoms with Gasteiger partial charge in [-0.05, 0) is 35.8 Å². The summed E-state index contributed by atoms with van der Waals surface area (Å²) >= 11 is 0. The van der Waals surface area contributed by atoms with Crippen molar-refractivity contribution in [3.63, 3.8) is 0 Å². The number of anilines is 1. The first-order valence-corrected chi connectivity index (χ1v) is 11.1. The quantitative estimate of drug-likeness (QED) is 0.312. The lowest BCUT2D eigenvalue weighted by molar-refractivity contribution is -0.117. The number of halogens is 2. The molecule has 0 fully saturated rings. The summed E-state index contributed by atoms with van der Waals surface area (Å²) in [6.45, 7) is 4.01. The average molecular weight is 494 g/mol. The Balaban J connectivity index is 2.30. The number of carbonyl (C=O) groups excluding carboxylic acids is 1. The Bertz CT molecular complexity index is 1530. The molecule has 0 aliphatic rings. The molecule has 1 amide bonds. The van der Waals surface area contributed by atoms with Gasteiger partial charge < -0.3 is 11.1 Å². The first-order valence-electron chi connectivity index (χ1n) is 11.1. The number of carbonyl (C=O) groups is 1. The number of H-pyrrole nitrogens is 1. The van der Waals surface area contributed by atoms with Gasteiger partial charge >= 0.3 is 5.69 Å². The number of nitrogens with zero attached hydrogens (tertiary/aromatic N) is 2. The Labute approximate surface area is 205 Å². The number of nitrogens with two attached hydrogens (primary N) is 1. The van der Waals surface area contributed by atoms with Crippen LogP contribution in [0.15, 0.2) is 57.9 Å². The molecule has 2 heterocycles. The number of hydrogen-bond acceptors (Lipinski definition) is 5. The molecule has 0 radical (unpaired) electrons. The van der Waals surface area contributed by atoms with Crippen LogP contribution in [0.5, 0.6) is 0 Å². The maximum Gasteiger partial charge on any atom is 0.334 e. The highest BCUT2D eigenvalue weighted by molar-refractivity contribution is 5.79. The van der Waals surface area contributed by atoms with E-state index in [9.17, 15) is 23.2 Å². The monoisotopic (exact) mass is 493 g/mol. The first kappa shape index (κ1) is 26.1. The Morgan fingerprint density at radius 3 is 2.78 bits per heavy atom. The van der Waals surface area contributed by atoms with Gasteiger partial charge in [0.25, 0.3) is 5.56 Å². The third kappa shape index (κ3) is 5.75. The molecule has 0 aliphatic carbocycles. The maximum absolute atomic E-state index is 14.8. The van der Waals surface area contributed by atoms with Crippen LogP contribution in [0, 0.1) is 18.2 Å². The minimum Gasteiger partial charge on any atom is -0.383 e. The minimum atomic E-state index is -0.903. The van der Waals surface area contributed by atoms with Gasteiger partial charge in [-0.25, -0.2) is 23.1 Å². The molecule has 0 saturated carbocycles. The number of benzene rings is 1. The van der Waals surface area contributed by atoms with Gasteiger partial charge in [0.1, 0.15) is 11.6 Å². The number of aromatic nitrogens is 3. The third-order valence-electron chi connectivity index (χ3n) is 5.31. The van der Waals surface area contributed by atoms with E-state index in [1.807, 2.05) is 13.8 Å². The van der Waals surface area contributed by atoms with E-state index < -0.39 is 35.2 Å². The Kier molecular flexibility index (Phi) is 8.17. The van der Waals surface area contributed by atoms with Crippen molar-refractivity contribution in [1.29, 1.82) is 0 Å². The van der Waals surface area contributed by atoms with Crippen molar-refractivity contribution in [2.75, 3.05) is 11.9 Å². The molecule has 36 heavy (non-hydrogen) atoms. The van der Waals surface area contributed by atoms with Crippen molar-refractivity contribution < 1.29 is 13.6 Å². The van der Waals surface area contributed by atoms with Crippen molar-refractivity contribution in [3.05, 3.63) is 86.2 Å². The summed E-state index contributed by atoms with van der Waals surface area (Å²) in [4.78, 5) is 43.3. The van der Waals surface area contributed by atoms with E-state index in [0.29, 0.717) is 16.9 Å². The van der Waals surface area contributed by atoms with Gasteiger partial charge in [-0.2, -0.15) is 0 Å². The van der Waals surface area contributed by atoms with Crippen LogP contribution < -0.4 is 22.3 Å². The SMILES string of the molecule is C#C/C=C\C=C(\F)Cc1nc2c(cc1F)c(=O)[nH]c(=O)n2-c1c(NCCC(N)=O)cccc1C(C)C. The number of primary amides is 1. The van der Waals surface area contributed by atoms with Crippen LogP contribution in [0.2, 0.25) is 0 Å². The number of aromatic amines is 1. The summed E-state index contributed by atoms with van der Waals surface area (Å²) in [5.41, 5.74) is 4.71. The van der Waals surface area contributed by atoms with Crippen molar-refractivity contribution in [3.8, 4) is 18.0 Å². The zero-order chi connectivity index (χ0) is 26.4. The van der Waals surface area contributed by atoms with Crippen LogP contribution in [0.1, 0.15) is 37.4 Å². The normalized spacial score (nSPS) is 11.8. The molecule has 0 unspecified atom stereocenters. The molecular weight excluding hydrogens is 468 g/mol. The number of allylic oxidation sites excluding steroid dienone is 4. The van der Waals surface area contributed by atoms with Gasteiger partial charge in [-0.3, -0.25) is 14.6 Å². The average Bonchev–Trinajstić information content (AvgIpc) is 2.80. The highest BCUT2D eigenvalue weighted by Gasteiger charge is 2.21. The molecule has 0 atom stereocenters. The van der Waals surface area contributed by atoms with Crippen LogP contribution in [0.25, 0.3) is 16.7 Å². The van der Waals surface area contributed by atoms with Crippen LogP contribution in [0.4, 0.5) is 14.5 Å². The summed E-state index contributed by atoms with van der Waals surface area (Å²) < 4.78 is 30.3. The third-order valence-corrected chi connectivity index (χ3v) is 5.31. The van der Waals surface area contributed by atoms with Crippen molar-refractivity contribution in [1.82, 2.24) is 14.5 Å². The molecule has 4 N–H and O–H groups in total. The van der Waals surface area contributed by atoms with E-state index in [-0.39, 0.29) is 35.6 Å². The number of pyridine rings is 1. The zero-order valence-corrected chi connectivity index (χ0v) is 19.8. The molecule has 0 spiro atoms. The number of terminal acetylenes is 1. The highest BCUT2D eigenvalue weighted by Crippen LogP contribution is 2.31. The van der Waals surface area contributed by atoms with Crippen LogP contribution in [-0.4, -0.2) is 27.0 Å². The lowest BCUT2D eigenvalue weighted by Crippen LogP contribution is -2.31. The predicted octanol–water partition coefficient (Wildman–Crippen LogP) is 3.21. The predicted molar refractivity (Wildman–Crippen MR) is 135 cm³/mol. The molecule has 3 rings (SSSR count). The van der Waals surface area contributed by atoms with Gasteiger partial charge in [-0.15, -0.1) is 6.42 Å². The highest BCUT2D eigenvalue weighted by atomic mass is 19.1. The maximum atomic E-state index is 14.8. The largest absolute Gasteiger partial charge is 0.383 e. The van der Waals surface area contributed by atoms with Crippen LogP contribution in [0.3, 0.4) is 0 Å². The van der Waals surface area contributed by atoms with E-state index in [2.05, 4.69) is 21.2 Å². The van der Waals surface area contributed by atoms with Gasteiger partial charge in [-0.1, -0.05) is 38.0 Å². The number of amides is 1. The fraction of sp³-hybridized carbons (Fsp3) is 0.231. The van der Waals surface area contributed by atoms with E-state index in [0.717, 1.165) is 16.7 Å². The molecule has 1 aromatic carbocycles. The van der Waals surface area contributed by atoms with E-state index >= 15 is 0 Å². The smallest absolute Gasteiger partial charge is 0.334 e. The molecule has 8 nitrogen and oxygen atoms in total. The van der Waals surface area contributed by atoms with Gasteiger partial charge in [0.05, 0.1) is 22.5 Å². The molecule has 2 aromatic heterocycles. The van der Waals surface area contributed by atoms with Gasteiger partial charge in [0.15, 0.2) is 5.65 Å². The molecule has 0 aliphatic heterocycles. The summed E-state index contributed by atoms with van der Waals surface area (Å²) in [6, 6.07) is 6.19. The zero-order valence-electron chi connectivity index (χ0n) is 19.8. The van der Waals surface area contributed by atoms with Crippen molar-refractivity contribution in [2.24, 2.45) is 5.73 Å². The van der Waals surface area contributed by atoms with Gasteiger partial charge in [0.2, 0.25) is 5.91 Å². The van der Waals surface area contributed by atoms with Crippen LogP contribution in [-0.2, 0) is 11.2 Å². The second kappa shape index (κ2) is 11.3. The van der Waals surface area contributed by atoms with Crippen molar-refractivity contribution in [2.45, 2.75) is 32.6 Å². The fourth-order valence-corrected chi connectivity index (χ4v) is 3.67. The lowest BCUT2D eigenvalue weighted by Gasteiger charge is -2.20. The Hall–Kier alpha value is -4.52. The molecule has 3 aromatic rings. The fourth-order valence-electron chi connectivity index (χ4n) is 3.67.